The second-order valence-electron chi connectivity index (χ2n) is 6.39. The van der Waals surface area contributed by atoms with Crippen molar-refractivity contribution in [1.82, 2.24) is 4.72 Å². The van der Waals surface area contributed by atoms with Gasteiger partial charge in [0.15, 0.2) is 5.76 Å². The molecular weight excluding hydrogens is 443 g/mol. The van der Waals surface area contributed by atoms with Gasteiger partial charge in [-0.1, -0.05) is 0 Å². The first kappa shape index (κ1) is 18.9. The van der Waals surface area contributed by atoms with Crippen LogP contribution in [0.15, 0.2) is 39.8 Å². The zero-order valence-corrected chi connectivity index (χ0v) is 16.8. The molecule has 0 radical (unpaired) electrons. The van der Waals surface area contributed by atoms with Crippen molar-refractivity contribution in [2.45, 2.75) is 38.3 Å². The number of carbonyl (C=O) groups is 1. The molecule has 1 heterocycles. The van der Waals surface area contributed by atoms with E-state index in [1.165, 1.54) is 12.1 Å². The van der Waals surface area contributed by atoms with Crippen LogP contribution in [0, 0.1) is 10.5 Å². The lowest BCUT2D eigenvalue weighted by Crippen LogP contribution is -2.40. The number of anilines is 1. The van der Waals surface area contributed by atoms with Crippen LogP contribution in [0.2, 0.25) is 0 Å². The van der Waals surface area contributed by atoms with Crippen molar-refractivity contribution in [3.63, 3.8) is 0 Å². The Labute approximate surface area is 155 Å². The second kappa shape index (κ2) is 6.85. The van der Waals surface area contributed by atoms with Crippen molar-refractivity contribution in [3.8, 4) is 0 Å². The summed E-state index contributed by atoms with van der Waals surface area (Å²) in [6.07, 6.45) is 0. The van der Waals surface area contributed by atoms with Gasteiger partial charge in [-0.3, -0.25) is 4.79 Å². The molecule has 0 aliphatic carbocycles. The Hall–Kier alpha value is -1.39. The number of rotatable bonds is 4. The summed E-state index contributed by atoms with van der Waals surface area (Å²) in [5.41, 5.74) is 0.907. The van der Waals surface area contributed by atoms with Crippen LogP contribution >= 0.6 is 22.6 Å². The van der Waals surface area contributed by atoms with E-state index in [1.807, 2.05) is 19.1 Å². The molecule has 0 spiro atoms. The maximum absolute atomic E-state index is 12.3. The summed E-state index contributed by atoms with van der Waals surface area (Å²) in [6.45, 7) is 7.05. The third kappa shape index (κ3) is 4.81. The number of benzene rings is 1. The fourth-order valence-electron chi connectivity index (χ4n) is 1.99. The first-order chi connectivity index (χ1) is 11.0. The molecule has 6 nitrogen and oxygen atoms in total. The van der Waals surface area contributed by atoms with E-state index in [1.54, 1.807) is 26.8 Å². The molecule has 0 unspecified atom stereocenters. The lowest BCUT2D eigenvalue weighted by Gasteiger charge is -2.18. The fraction of sp³-hybridized carbons (Fsp3) is 0.312. The molecule has 0 saturated carbocycles. The number of hydrogen-bond acceptors (Lipinski definition) is 4. The Morgan fingerprint density at radius 2 is 1.83 bits per heavy atom. The van der Waals surface area contributed by atoms with Gasteiger partial charge in [-0.15, -0.1) is 0 Å². The van der Waals surface area contributed by atoms with Gasteiger partial charge in [0.2, 0.25) is 5.09 Å². The van der Waals surface area contributed by atoms with Crippen LogP contribution in [0.3, 0.4) is 0 Å². The van der Waals surface area contributed by atoms with Crippen LogP contribution in [-0.4, -0.2) is 19.9 Å². The first-order valence-corrected chi connectivity index (χ1v) is 9.75. The SMILES string of the molecule is Cc1cc(I)ccc1NC(=O)c1ccc(S(=O)(=O)NC(C)(C)C)o1. The highest BCUT2D eigenvalue weighted by Gasteiger charge is 2.26. The zero-order valence-electron chi connectivity index (χ0n) is 13.8. The van der Waals surface area contributed by atoms with E-state index in [9.17, 15) is 13.2 Å². The quantitative estimate of drug-likeness (QED) is 0.681. The number of aryl methyl sites for hydroxylation is 1. The standard InChI is InChI=1S/C16H19IN2O4S/c1-10-9-11(17)5-6-12(10)18-15(20)13-7-8-14(23-13)24(21,22)19-16(2,3)4/h5-9,19H,1-4H3,(H,18,20). The summed E-state index contributed by atoms with van der Waals surface area (Å²) in [5, 5.41) is 2.43. The minimum Gasteiger partial charge on any atom is -0.438 e. The topological polar surface area (TPSA) is 88.4 Å². The highest BCUT2D eigenvalue weighted by Crippen LogP contribution is 2.20. The summed E-state index contributed by atoms with van der Waals surface area (Å²) in [7, 11) is -3.81. The van der Waals surface area contributed by atoms with Crippen molar-refractivity contribution in [1.29, 1.82) is 0 Å². The average Bonchev–Trinajstić information content (AvgIpc) is 2.89. The highest BCUT2D eigenvalue weighted by molar-refractivity contribution is 14.1. The van der Waals surface area contributed by atoms with Crippen LogP contribution in [0.25, 0.3) is 0 Å². The van der Waals surface area contributed by atoms with Crippen LogP contribution in [-0.2, 0) is 10.0 Å². The summed E-state index contributed by atoms with van der Waals surface area (Å²) < 4.78 is 33.2. The van der Waals surface area contributed by atoms with Gasteiger partial charge < -0.3 is 9.73 Å². The monoisotopic (exact) mass is 462 g/mol. The summed E-state index contributed by atoms with van der Waals surface area (Å²) in [5.74, 6) is -0.571. The lowest BCUT2D eigenvalue weighted by atomic mass is 10.1. The molecule has 24 heavy (non-hydrogen) atoms. The molecule has 1 aromatic carbocycles. The van der Waals surface area contributed by atoms with E-state index in [0.29, 0.717) is 5.69 Å². The molecule has 0 fully saturated rings. The number of amides is 1. The van der Waals surface area contributed by atoms with Gasteiger partial charge in [0, 0.05) is 14.8 Å². The van der Waals surface area contributed by atoms with Gasteiger partial charge in [0.05, 0.1) is 0 Å². The molecule has 2 aromatic rings. The maximum Gasteiger partial charge on any atom is 0.291 e. The Balaban J connectivity index is 2.19. The molecule has 130 valence electrons. The Morgan fingerprint density at radius 3 is 2.42 bits per heavy atom. The van der Waals surface area contributed by atoms with E-state index in [2.05, 4.69) is 32.6 Å². The van der Waals surface area contributed by atoms with E-state index in [0.717, 1.165) is 9.13 Å². The number of carbonyl (C=O) groups excluding carboxylic acids is 1. The molecule has 0 bridgehead atoms. The van der Waals surface area contributed by atoms with E-state index in [-0.39, 0.29) is 10.9 Å². The average molecular weight is 462 g/mol. The molecule has 2 rings (SSSR count). The van der Waals surface area contributed by atoms with Crippen LogP contribution in [0.4, 0.5) is 5.69 Å². The number of furan rings is 1. The van der Waals surface area contributed by atoms with Gasteiger partial charge in [0.25, 0.3) is 15.9 Å². The van der Waals surface area contributed by atoms with Crippen molar-refractivity contribution in [3.05, 3.63) is 45.2 Å². The maximum atomic E-state index is 12.3. The Kier molecular flexibility index (Phi) is 5.41. The third-order valence-corrected chi connectivity index (χ3v) is 5.25. The smallest absolute Gasteiger partial charge is 0.291 e. The molecule has 0 aliphatic heterocycles. The van der Waals surface area contributed by atoms with Crippen molar-refractivity contribution >= 4 is 44.2 Å². The Bertz CT molecular complexity index is 866. The van der Waals surface area contributed by atoms with E-state index >= 15 is 0 Å². The van der Waals surface area contributed by atoms with Crippen LogP contribution in [0.1, 0.15) is 36.9 Å². The van der Waals surface area contributed by atoms with Gasteiger partial charge in [-0.25, -0.2) is 13.1 Å². The summed E-state index contributed by atoms with van der Waals surface area (Å²) in [4.78, 5) is 12.3. The Morgan fingerprint density at radius 1 is 1.17 bits per heavy atom. The lowest BCUT2D eigenvalue weighted by molar-refractivity contribution is 0.0991. The van der Waals surface area contributed by atoms with Gasteiger partial charge >= 0.3 is 0 Å². The molecule has 8 heteroatoms. The van der Waals surface area contributed by atoms with Gasteiger partial charge in [0.1, 0.15) is 0 Å². The normalized spacial score (nSPS) is 12.2. The predicted octanol–water partition coefficient (Wildman–Crippen LogP) is 3.52. The van der Waals surface area contributed by atoms with Crippen molar-refractivity contribution in [2.24, 2.45) is 0 Å². The second-order valence-corrected chi connectivity index (χ2v) is 9.25. The largest absolute Gasteiger partial charge is 0.438 e. The molecule has 1 amide bonds. The first-order valence-electron chi connectivity index (χ1n) is 7.19. The summed E-state index contributed by atoms with van der Waals surface area (Å²) in [6, 6.07) is 8.20. The molecule has 0 atom stereocenters. The number of sulfonamides is 1. The molecular formula is C16H19IN2O4S. The van der Waals surface area contributed by atoms with Gasteiger partial charge in [-0.05, 0) is 86.2 Å². The van der Waals surface area contributed by atoms with E-state index < -0.39 is 21.5 Å². The summed E-state index contributed by atoms with van der Waals surface area (Å²) >= 11 is 2.18. The molecule has 0 saturated heterocycles. The number of halogens is 1. The van der Waals surface area contributed by atoms with Crippen molar-refractivity contribution in [2.75, 3.05) is 5.32 Å². The molecule has 0 aliphatic rings. The molecule has 1 aromatic heterocycles. The van der Waals surface area contributed by atoms with Crippen molar-refractivity contribution < 1.29 is 17.6 Å². The molecule has 2 N–H and O–H groups in total. The van der Waals surface area contributed by atoms with Crippen LogP contribution < -0.4 is 10.0 Å². The van der Waals surface area contributed by atoms with Gasteiger partial charge in [-0.2, -0.15) is 0 Å². The predicted molar refractivity (Wildman–Crippen MR) is 101 cm³/mol. The zero-order chi connectivity index (χ0) is 18.1. The number of nitrogens with one attached hydrogen (secondary N) is 2. The number of hydrogen-bond donors (Lipinski definition) is 2. The van der Waals surface area contributed by atoms with Crippen LogP contribution in [0.5, 0.6) is 0 Å². The van der Waals surface area contributed by atoms with E-state index in [4.69, 9.17) is 4.42 Å². The fourth-order valence-corrected chi connectivity index (χ4v) is 3.99. The third-order valence-electron chi connectivity index (χ3n) is 2.95. The minimum absolute atomic E-state index is 0.0674. The highest BCUT2D eigenvalue weighted by atomic mass is 127. The minimum atomic E-state index is -3.81.